The van der Waals surface area contributed by atoms with Gasteiger partial charge in [-0.3, -0.25) is 0 Å². The summed E-state index contributed by atoms with van der Waals surface area (Å²) >= 11 is 0. The van der Waals surface area contributed by atoms with E-state index in [2.05, 4.69) is 0 Å². The van der Waals surface area contributed by atoms with E-state index in [1.165, 1.54) is 0 Å². The number of aliphatic hydroxyl groups is 2. The van der Waals surface area contributed by atoms with Crippen LogP contribution in [0.15, 0.2) is 12.2 Å². The first-order chi connectivity index (χ1) is 3.77. The lowest BCUT2D eigenvalue weighted by atomic mass is 10.3. The minimum Gasteiger partial charge on any atom is -0.368 e. The number of hydrogen-bond acceptors (Lipinski definition) is 2. The molecule has 0 atom stereocenters. The van der Waals surface area contributed by atoms with Crippen LogP contribution in [0.3, 0.4) is 0 Å². The van der Waals surface area contributed by atoms with Crippen LogP contribution in [0.25, 0.3) is 0 Å². The predicted octanol–water partition coefficient (Wildman–Crippen LogP) is 0.653. The fourth-order valence-electron chi connectivity index (χ4n) is 0.385. The number of aliphatic hydroxyl groups excluding tert-OH is 1. The van der Waals surface area contributed by atoms with Crippen LogP contribution in [0.5, 0.6) is 0 Å². The fourth-order valence-corrected chi connectivity index (χ4v) is 0.385. The van der Waals surface area contributed by atoms with E-state index in [1.54, 1.807) is 6.08 Å². The molecule has 0 aliphatic rings. The van der Waals surface area contributed by atoms with Gasteiger partial charge in [-0.05, 0) is 6.42 Å². The third-order valence-electron chi connectivity index (χ3n) is 0.749. The molecule has 0 saturated heterocycles. The molecule has 2 N–H and O–H groups in total. The highest BCUT2D eigenvalue weighted by molar-refractivity contribution is 4.80. The molecule has 2 heteroatoms. The van der Waals surface area contributed by atoms with Crippen LogP contribution < -0.4 is 0 Å². The van der Waals surface area contributed by atoms with Gasteiger partial charge in [-0.25, -0.2) is 0 Å². The smallest absolute Gasteiger partial charge is 0.154 e. The molecule has 0 rings (SSSR count). The van der Waals surface area contributed by atoms with Crippen LogP contribution in [0.2, 0.25) is 0 Å². The van der Waals surface area contributed by atoms with E-state index in [0.29, 0.717) is 6.42 Å². The lowest BCUT2D eigenvalue weighted by Crippen LogP contribution is -2.00. The maximum atomic E-state index is 8.28. The molecule has 0 aromatic carbocycles. The average Bonchev–Trinajstić information content (AvgIpc) is 1.66. The second-order valence-electron chi connectivity index (χ2n) is 1.60. The molecule has 0 saturated carbocycles. The van der Waals surface area contributed by atoms with Crippen molar-refractivity contribution in [1.82, 2.24) is 0 Å². The van der Waals surface area contributed by atoms with Crippen molar-refractivity contribution in [2.75, 3.05) is 0 Å². The summed E-state index contributed by atoms with van der Waals surface area (Å²) in [4.78, 5) is 0. The van der Waals surface area contributed by atoms with Gasteiger partial charge in [-0.2, -0.15) is 0 Å². The van der Waals surface area contributed by atoms with Crippen LogP contribution in [0, 0.1) is 0 Å². The van der Waals surface area contributed by atoms with E-state index in [4.69, 9.17) is 10.2 Å². The van der Waals surface area contributed by atoms with Gasteiger partial charge in [-0.15, -0.1) is 0 Å². The topological polar surface area (TPSA) is 40.5 Å². The van der Waals surface area contributed by atoms with Crippen molar-refractivity contribution in [3.05, 3.63) is 12.2 Å². The molecule has 48 valence electrons. The molecule has 0 fully saturated rings. The van der Waals surface area contributed by atoms with Crippen molar-refractivity contribution in [2.24, 2.45) is 0 Å². The normalized spacial score (nSPS) is 11.5. The molecule has 0 aromatic rings. The number of rotatable bonds is 3. The van der Waals surface area contributed by atoms with E-state index < -0.39 is 6.29 Å². The molecule has 0 spiro atoms. The minimum atomic E-state index is -1.18. The van der Waals surface area contributed by atoms with Crippen LogP contribution in [-0.2, 0) is 0 Å². The summed E-state index contributed by atoms with van der Waals surface area (Å²) in [6, 6.07) is 0. The number of allylic oxidation sites excluding steroid dienone is 1. The summed E-state index contributed by atoms with van der Waals surface area (Å²) in [5.41, 5.74) is 0. The van der Waals surface area contributed by atoms with Crippen molar-refractivity contribution in [2.45, 2.75) is 26.1 Å². The molecule has 0 aliphatic carbocycles. The fraction of sp³-hybridized carbons (Fsp3) is 0.667. The van der Waals surface area contributed by atoms with Gasteiger partial charge in [-0.1, -0.05) is 19.1 Å². The SMILES string of the molecule is CC/C=C/CC(O)O. The third kappa shape index (κ3) is 5.66. The number of hydrogen-bond donors (Lipinski definition) is 2. The van der Waals surface area contributed by atoms with Crippen molar-refractivity contribution >= 4 is 0 Å². The zero-order chi connectivity index (χ0) is 6.41. The summed E-state index contributed by atoms with van der Waals surface area (Å²) in [5.74, 6) is 0. The minimum absolute atomic E-state index is 0.341. The molecule has 0 bridgehead atoms. The van der Waals surface area contributed by atoms with E-state index in [9.17, 15) is 0 Å². The Hall–Kier alpha value is -0.340. The standard InChI is InChI=1S/C6H12O2/c1-2-3-4-5-6(7)8/h3-4,6-8H,2,5H2,1H3/b4-3+. The Kier molecular flexibility index (Phi) is 4.61. The summed E-state index contributed by atoms with van der Waals surface area (Å²) in [6.07, 6.45) is 3.77. The Morgan fingerprint density at radius 1 is 1.38 bits per heavy atom. The van der Waals surface area contributed by atoms with Crippen molar-refractivity contribution < 1.29 is 10.2 Å². The van der Waals surface area contributed by atoms with Crippen molar-refractivity contribution in [1.29, 1.82) is 0 Å². The second-order valence-corrected chi connectivity index (χ2v) is 1.60. The second kappa shape index (κ2) is 4.81. The first kappa shape index (κ1) is 7.66. The molecule has 0 aromatic heterocycles. The first-order valence-electron chi connectivity index (χ1n) is 2.78. The lowest BCUT2D eigenvalue weighted by Gasteiger charge is -1.93. The summed E-state index contributed by atoms with van der Waals surface area (Å²) < 4.78 is 0. The van der Waals surface area contributed by atoms with Crippen LogP contribution in [0.1, 0.15) is 19.8 Å². The summed E-state index contributed by atoms with van der Waals surface area (Å²) in [5, 5.41) is 16.6. The van der Waals surface area contributed by atoms with Gasteiger partial charge in [0.2, 0.25) is 0 Å². The largest absolute Gasteiger partial charge is 0.368 e. The van der Waals surface area contributed by atoms with Gasteiger partial charge in [0.25, 0.3) is 0 Å². The summed E-state index contributed by atoms with van der Waals surface area (Å²) in [6.45, 7) is 2.00. The van der Waals surface area contributed by atoms with Gasteiger partial charge in [0.1, 0.15) is 0 Å². The third-order valence-corrected chi connectivity index (χ3v) is 0.749. The Morgan fingerprint density at radius 2 is 2.00 bits per heavy atom. The molecule has 0 radical (unpaired) electrons. The molecule has 8 heavy (non-hydrogen) atoms. The van der Waals surface area contributed by atoms with Crippen LogP contribution >= 0.6 is 0 Å². The van der Waals surface area contributed by atoms with Gasteiger partial charge in [0, 0.05) is 6.42 Å². The monoisotopic (exact) mass is 116 g/mol. The van der Waals surface area contributed by atoms with Crippen molar-refractivity contribution in [3.8, 4) is 0 Å². The summed E-state index contributed by atoms with van der Waals surface area (Å²) in [7, 11) is 0. The Morgan fingerprint density at radius 3 is 2.38 bits per heavy atom. The van der Waals surface area contributed by atoms with Gasteiger partial charge in [0.15, 0.2) is 6.29 Å². The zero-order valence-corrected chi connectivity index (χ0v) is 5.04. The molecule has 2 nitrogen and oxygen atoms in total. The lowest BCUT2D eigenvalue weighted by molar-refractivity contribution is -0.0361. The van der Waals surface area contributed by atoms with E-state index in [0.717, 1.165) is 6.42 Å². The van der Waals surface area contributed by atoms with Gasteiger partial charge < -0.3 is 10.2 Å². The molecule has 0 aliphatic heterocycles. The Labute approximate surface area is 49.5 Å². The highest BCUT2D eigenvalue weighted by Crippen LogP contribution is 1.88. The highest BCUT2D eigenvalue weighted by atomic mass is 16.5. The van der Waals surface area contributed by atoms with Gasteiger partial charge >= 0.3 is 0 Å². The maximum Gasteiger partial charge on any atom is 0.154 e. The van der Waals surface area contributed by atoms with Gasteiger partial charge in [0.05, 0.1) is 0 Å². The first-order valence-corrected chi connectivity index (χ1v) is 2.78. The molecule has 0 unspecified atom stereocenters. The average molecular weight is 116 g/mol. The Balaban J connectivity index is 3.03. The predicted molar refractivity (Wildman–Crippen MR) is 32.3 cm³/mol. The molecule has 0 amide bonds. The molecular formula is C6H12O2. The maximum absolute atomic E-state index is 8.28. The van der Waals surface area contributed by atoms with Crippen molar-refractivity contribution in [3.63, 3.8) is 0 Å². The Bertz CT molecular complexity index is 66.9. The molecular weight excluding hydrogens is 104 g/mol. The quantitative estimate of drug-likeness (QED) is 0.420. The molecule has 0 heterocycles. The van der Waals surface area contributed by atoms with E-state index in [-0.39, 0.29) is 0 Å². The van der Waals surface area contributed by atoms with Crippen LogP contribution in [-0.4, -0.2) is 16.5 Å². The highest BCUT2D eigenvalue weighted by Gasteiger charge is 1.88. The van der Waals surface area contributed by atoms with E-state index >= 15 is 0 Å². The van der Waals surface area contributed by atoms with E-state index in [1.807, 2.05) is 13.0 Å². The van der Waals surface area contributed by atoms with Crippen LogP contribution in [0.4, 0.5) is 0 Å². The zero-order valence-electron chi connectivity index (χ0n) is 5.04.